The summed E-state index contributed by atoms with van der Waals surface area (Å²) in [5, 5.41) is 8.80. The first-order chi connectivity index (χ1) is 15.8. The first-order valence-electron chi connectivity index (χ1n) is 10.5. The monoisotopic (exact) mass is 511 g/mol. The molecule has 0 fully saturated rings. The average Bonchev–Trinajstić information content (AvgIpc) is 3.33. The van der Waals surface area contributed by atoms with Gasteiger partial charge in [-0.15, -0.1) is 0 Å². The zero-order valence-electron chi connectivity index (χ0n) is 18.6. The predicted molar refractivity (Wildman–Crippen MR) is 130 cm³/mol. The molecule has 0 aliphatic carbocycles. The number of allylic oxidation sites excluding steroid dienone is 1. The largest absolute Gasteiger partial charge is 0.489 e. The summed E-state index contributed by atoms with van der Waals surface area (Å²) in [4.78, 5) is 25.3. The van der Waals surface area contributed by atoms with Crippen molar-refractivity contribution in [1.82, 2.24) is 4.90 Å². The number of halogens is 1. The van der Waals surface area contributed by atoms with Crippen LogP contribution in [0.5, 0.6) is 5.75 Å². The molecule has 1 aromatic heterocycles. The summed E-state index contributed by atoms with van der Waals surface area (Å²) in [5.74, 6) is 0.511. The molecule has 0 bridgehead atoms. The number of rotatable bonds is 10. The van der Waals surface area contributed by atoms with E-state index in [9.17, 15) is 9.59 Å². The third-order valence-electron chi connectivity index (χ3n) is 5.12. The summed E-state index contributed by atoms with van der Waals surface area (Å²) in [6, 6.07) is 16.7. The minimum atomic E-state index is -0.817. The van der Waals surface area contributed by atoms with E-state index in [0.717, 1.165) is 26.9 Å². The summed E-state index contributed by atoms with van der Waals surface area (Å²) in [5.41, 5.74) is 3.32. The van der Waals surface area contributed by atoms with E-state index in [4.69, 9.17) is 14.3 Å². The quantitative estimate of drug-likeness (QED) is 0.329. The topological polar surface area (TPSA) is 80.0 Å². The first kappa shape index (κ1) is 24.3. The first-order valence-corrected chi connectivity index (χ1v) is 11.3. The number of ether oxygens (including phenoxy) is 1. The summed E-state index contributed by atoms with van der Waals surface area (Å²) in [7, 11) is 1.75. The predicted octanol–water partition coefficient (Wildman–Crippen LogP) is 6.17. The molecular weight excluding hydrogens is 486 g/mol. The van der Waals surface area contributed by atoms with Crippen molar-refractivity contribution in [3.05, 3.63) is 88.1 Å². The molecule has 1 amide bonds. The van der Waals surface area contributed by atoms with Crippen molar-refractivity contribution in [3.63, 3.8) is 0 Å². The molecule has 1 N–H and O–H groups in total. The van der Waals surface area contributed by atoms with Gasteiger partial charge in [-0.05, 0) is 61.9 Å². The molecule has 0 saturated carbocycles. The molecule has 172 valence electrons. The lowest BCUT2D eigenvalue weighted by Crippen LogP contribution is -2.26. The van der Waals surface area contributed by atoms with Gasteiger partial charge in [-0.3, -0.25) is 9.59 Å². The van der Waals surface area contributed by atoms with Gasteiger partial charge in [0.1, 0.15) is 18.1 Å². The number of amides is 1. The molecule has 0 unspecified atom stereocenters. The van der Waals surface area contributed by atoms with Crippen molar-refractivity contribution in [2.75, 3.05) is 13.7 Å². The zero-order valence-corrected chi connectivity index (χ0v) is 20.2. The van der Waals surface area contributed by atoms with E-state index in [0.29, 0.717) is 30.9 Å². The van der Waals surface area contributed by atoms with Gasteiger partial charge < -0.3 is 19.2 Å². The molecule has 3 rings (SSSR count). The fourth-order valence-electron chi connectivity index (χ4n) is 3.26. The smallest absolute Gasteiger partial charge is 0.303 e. The van der Waals surface area contributed by atoms with Crippen molar-refractivity contribution >= 4 is 27.8 Å². The van der Waals surface area contributed by atoms with E-state index < -0.39 is 5.97 Å². The average molecular weight is 512 g/mol. The molecule has 2 aromatic carbocycles. The Morgan fingerprint density at radius 2 is 1.88 bits per heavy atom. The number of furan rings is 1. The highest BCUT2D eigenvalue weighted by molar-refractivity contribution is 9.10. The van der Waals surface area contributed by atoms with Crippen LogP contribution in [-0.2, 0) is 11.3 Å². The Labute approximate surface area is 201 Å². The molecule has 3 aromatic rings. The number of carbonyl (C=O) groups is 2. The van der Waals surface area contributed by atoms with Gasteiger partial charge >= 0.3 is 5.97 Å². The molecule has 7 heteroatoms. The van der Waals surface area contributed by atoms with E-state index in [1.54, 1.807) is 30.3 Å². The van der Waals surface area contributed by atoms with Gasteiger partial charge in [-0.2, -0.15) is 0 Å². The summed E-state index contributed by atoms with van der Waals surface area (Å²) in [6.45, 7) is 2.58. The fourth-order valence-corrected chi connectivity index (χ4v) is 3.67. The van der Waals surface area contributed by atoms with Gasteiger partial charge in [-0.1, -0.05) is 33.6 Å². The molecule has 1 heterocycles. The second kappa shape index (κ2) is 11.5. The van der Waals surface area contributed by atoms with Crippen LogP contribution in [0.3, 0.4) is 0 Å². The highest BCUT2D eigenvalue weighted by Crippen LogP contribution is 2.26. The minimum absolute atomic E-state index is 0.0985. The van der Waals surface area contributed by atoms with Crippen LogP contribution in [0.2, 0.25) is 0 Å². The minimum Gasteiger partial charge on any atom is -0.489 e. The second-order valence-corrected chi connectivity index (χ2v) is 8.64. The summed E-state index contributed by atoms with van der Waals surface area (Å²) >= 11 is 3.49. The number of carboxylic acid groups (broad SMARTS) is 1. The molecule has 33 heavy (non-hydrogen) atoms. The lowest BCUT2D eigenvalue weighted by Gasteiger charge is -2.20. The second-order valence-electron chi connectivity index (χ2n) is 7.72. The van der Waals surface area contributed by atoms with E-state index in [1.807, 2.05) is 55.5 Å². The van der Waals surface area contributed by atoms with Crippen LogP contribution in [0.15, 0.2) is 81.4 Å². The lowest BCUT2D eigenvalue weighted by atomic mass is 10.1. The number of carboxylic acids is 1. The molecule has 0 aliphatic heterocycles. The Hall–Kier alpha value is -3.32. The fraction of sp³-hybridized carbons (Fsp3) is 0.231. The maximum absolute atomic E-state index is 13.0. The molecular formula is C26H26BrNO5. The van der Waals surface area contributed by atoms with E-state index >= 15 is 0 Å². The Morgan fingerprint density at radius 3 is 2.55 bits per heavy atom. The number of nitrogens with zero attached hydrogens (tertiary/aromatic N) is 1. The number of carbonyl (C=O) groups excluding carboxylic acids is 1. The normalized spacial score (nSPS) is 11.3. The van der Waals surface area contributed by atoms with Gasteiger partial charge in [-0.25, -0.2) is 0 Å². The number of hydrogen-bond acceptors (Lipinski definition) is 4. The van der Waals surface area contributed by atoms with Gasteiger partial charge in [0.05, 0.1) is 6.26 Å². The van der Waals surface area contributed by atoms with E-state index in [2.05, 4.69) is 15.9 Å². The maximum Gasteiger partial charge on any atom is 0.303 e. The third kappa shape index (κ3) is 7.08. The van der Waals surface area contributed by atoms with Crippen molar-refractivity contribution in [3.8, 4) is 17.1 Å². The van der Waals surface area contributed by atoms with Crippen molar-refractivity contribution < 1.29 is 23.8 Å². The highest BCUT2D eigenvalue weighted by Gasteiger charge is 2.15. The zero-order chi connectivity index (χ0) is 23.8. The maximum atomic E-state index is 13.0. The molecule has 6 nitrogen and oxygen atoms in total. The third-order valence-corrected chi connectivity index (χ3v) is 5.61. The van der Waals surface area contributed by atoms with Gasteiger partial charge in [0.2, 0.25) is 0 Å². The summed E-state index contributed by atoms with van der Waals surface area (Å²) in [6.07, 6.45) is 4.08. The van der Waals surface area contributed by atoms with E-state index in [1.165, 1.54) is 0 Å². The number of aliphatic carboxylic acids is 1. The highest BCUT2D eigenvalue weighted by atomic mass is 79.9. The molecule has 0 aliphatic rings. The van der Waals surface area contributed by atoms with Crippen molar-refractivity contribution in [2.45, 2.75) is 26.3 Å². The number of benzene rings is 2. The Bertz CT molecular complexity index is 1120. The van der Waals surface area contributed by atoms with Crippen molar-refractivity contribution in [1.29, 1.82) is 0 Å². The summed E-state index contributed by atoms with van der Waals surface area (Å²) < 4.78 is 12.2. The molecule has 0 radical (unpaired) electrons. The van der Waals surface area contributed by atoms with Gasteiger partial charge in [0, 0.05) is 41.2 Å². The Balaban J connectivity index is 1.65. The standard InChI is InChI=1S/C26H26BrNO5/c1-18(5-12-25(29)30)13-15-33-24-11-10-22(27)16-21(24)17-28(2)26(31)20-8-6-19(7-9-20)23-4-3-14-32-23/h3-4,6-11,13-14,16H,5,12,15,17H2,1-2H3,(H,29,30)/b18-13+. The molecule has 0 spiro atoms. The van der Waals surface area contributed by atoms with Crippen LogP contribution in [-0.4, -0.2) is 35.5 Å². The van der Waals surface area contributed by atoms with Gasteiger partial charge in [0.15, 0.2) is 0 Å². The number of hydrogen-bond donors (Lipinski definition) is 1. The Morgan fingerprint density at radius 1 is 1.12 bits per heavy atom. The molecule has 0 saturated heterocycles. The van der Waals surface area contributed by atoms with Gasteiger partial charge in [0.25, 0.3) is 5.91 Å². The van der Waals surface area contributed by atoms with Crippen LogP contribution in [0.4, 0.5) is 0 Å². The van der Waals surface area contributed by atoms with Crippen LogP contribution >= 0.6 is 15.9 Å². The lowest BCUT2D eigenvalue weighted by molar-refractivity contribution is -0.136. The van der Waals surface area contributed by atoms with Crippen LogP contribution in [0.1, 0.15) is 35.7 Å². The van der Waals surface area contributed by atoms with Crippen LogP contribution in [0.25, 0.3) is 11.3 Å². The Kier molecular flexibility index (Phi) is 8.49. The van der Waals surface area contributed by atoms with Crippen molar-refractivity contribution in [2.24, 2.45) is 0 Å². The van der Waals surface area contributed by atoms with Crippen LogP contribution in [0, 0.1) is 0 Å². The SMILES string of the molecule is C/C(=C\COc1ccc(Br)cc1CN(C)C(=O)c1ccc(-c2ccco2)cc1)CCC(=O)O. The van der Waals surface area contributed by atoms with E-state index in [-0.39, 0.29) is 12.3 Å². The van der Waals surface area contributed by atoms with Crippen LogP contribution < -0.4 is 4.74 Å². The molecule has 0 atom stereocenters.